The number of β-lactam (4-membered cyclic amide) rings is 1. The molecule has 1 saturated heterocycles. The van der Waals surface area contributed by atoms with Crippen LogP contribution in [0.25, 0.3) is 5.57 Å². The summed E-state index contributed by atoms with van der Waals surface area (Å²) >= 11 is 2.96. The Morgan fingerprint density at radius 3 is 2.55 bits per heavy atom. The summed E-state index contributed by atoms with van der Waals surface area (Å²) in [5, 5.41) is 13.5. The van der Waals surface area contributed by atoms with Gasteiger partial charge in [-0.15, -0.1) is 23.1 Å². The van der Waals surface area contributed by atoms with Gasteiger partial charge in [-0.25, -0.2) is 4.79 Å². The lowest BCUT2D eigenvalue weighted by molar-refractivity contribution is -0.153. The van der Waals surface area contributed by atoms with E-state index in [9.17, 15) is 14.4 Å². The van der Waals surface area contributed by atoms with Gasteiger partial charge in [-0.05, 0) is 46.8 Å². The second-order valence-electron chi connectivity index (χ2n) is 8.65. The Balaban J connectivity index is 1.38. The van der Waals surface area contributed by atoms with Crippen molar-refractivity contribution in [2.24, 2.45) is 0 Å². The molecule has 5 rings (SSSR count). The van der Waals surface area contributed by atoms with Gasteiger partial charge < -0.3 is 14.8 Å². The second-order valence-corrected chi connectivity index (χ2v) is 10.8. The molecule has 3 heterocycles. The molecule has 2 atom stereocenters. The zero-order chi connectivity index (χ0) is 26.6. The fraction of sp³-hybridized carbons (Fsp3) is 0.214. The summed E-state index contributed by atoms with van der Waals surface area (Å²) < 4.78 is 10.8. The van der Waals surface area contributed by atoms with Gasteiger partial charge in [0, 0.05) is 16.2 Å². The first-order valence-electron chi connectivity index (χ1n) is 11.8. The predicted molar refractivity (Wildman–Crippen MR) is 144 cm³/mol. The van der Waals surface area contributed by atoms with Gasteiger partial charge in [-0.3, -0.25) is 14.5 Å². The minimum Gasteiger partial charge on any atom is -0.497 e. The topological polar surface area (TPSA) is 109 Å². The molecule has 3 aromatic rings. The van der Waals surface area contributed by atoms with Crippen molar-refractivity contribution in [1.29, 1.82) is 5.26 Å². The van der Waals surface area contributed by atoms with Gasteiger partial charge in [0.05, 0.1) is 25.2 Å². The standard InChI is InChI=1S/C28H23N3O5S2/c1-35-20-10-6-18(7-11-20)15-36-28(34)25-22(19-8-4-17(14-29)5-9-19)16-38-27-24(26(33)31(25)27)30-23(32)13-21-3-2-12-37-21/h2-12,24,27H,13,15-16H2,1H3,(H,30,32)/t24-,27+/m1/s1. The molecule has 38 heavy (non-hydrogen) atoms. The minimum absolute atomic E-state index is 0.0216. The maximum absolute atomic E-state index is 13.4. The van der Waals surface area contributed by atoms with E-state index in [4.69, 9.17) is 14.7 Å². The van der Waals surface area contributed by atoms with Crippen molar-refractivity contribution in [3.8, 4) is 11.8 Å². The average molecular weight is 546 g/mol. The first-order valence-corrected chi connectivity index (χ1v) is 13.7. The van der Waals surface area contributed by atoms with Crippen molar-refractivity contribution >= 4 is 46.5 Å². The number of benzene rings is 2. The summed E-state index contributed by atoms with van der Waals surface area (Å²) in [7, 11) is 1.58. The van der Waals surface area contributed by atoms with Crippen LogP contribution in [0.15, 0.2) is 71.7 Å². The Bertz CT molecular complexity index is 1430. The molecule has 2 aliphatic rings. The summed E-state index contributed by atoms with van der Waals surface area (Å²) in [6.07, 6.45) is 0.196. The molecule has 0 unspecified atom stereocenters. The van der Waals surface area contributed by atoms with Crippen LogP contribution in [0.3, 0.4) is 0 Å². The molecule has 0 bridgehead atoms. The molecular weight excluding hydrogens is 522 g/mol. The third-order valence-electron chi connectivity index (χ3n) is 6.28. The molecule has 0 aliphatic carbocycles. The number of nitrogens with zero attached hydrogens (tertiary/aromatic N) is 2. The first-order chi connectivity index (χ1) is 18.5. The van der Waals surface area contributed by atoms with Crippen LogP contribution in [0, 0.1) is 11.3 Å². The molecule has 2 aromatic carbocycles. The SMILES string of the molecule is COc1ccc(COC(=O)C2=C(c3ccc(C#N)cc3)CS[C@H]3[C@H](NC(=O)Cc4cccs4)C(=O)N23)cc1. The molecule has 8 nitrogen and oxygen atoms in total. The number of nitrogens with one attached hydrogen (secondary N) is 1. The molecule has 1 aromatic heterocycles. The predicted octanol–water partition coefficient (Wildman–Crippen LogP) is 3.73. The molecule has 2 amide bonds. The highest BCUT2D eigenvalue weighted by Crippen LogP contribution is 2.43. The minimum atomic E-state index is -0.723. The Hall–Kier alpha value is -4.07. The molecular formula is C28H23N3O5S2. The van der Waals surface area contributed by atoms with Gasteiger partial charge >= 0.3 is 5.97 Å². The lowest BCUT2D eigenvalue weighted by Gasteiger charge is -2.49. The van der Waals surface area contributed by atoms with Crippen molar-refractivity contribution in [2.45, 2.75) is 24.4 Å². The Labute approximate surface area is 227 Å². The van der Waals surface area contributed by atoms with Crippen LogP contribution in [-0.2, 0) is 32.1 Å². The fourth-order valence-corrected chi connectivity index (χ4v) is 6.39. The van der Waals surface area contributed by atoms with Gasteiger partial charge in [0.15, 0.2) is 0 Å². The maximum atomic E-state index is 13.4. The quantitative estimate of drug-likeness (QED) is 0.339. The molecule has 0 radical (unpaired) electrons. The van der Waals surface area contributed by atoms with Crippen molar-refractivity contribution < 1.29 is 23.9 Å². The molecule has 1 fully saturated rings. The third kappa shape index (κ3) is 5.16. The largest absolute Gasteiger partial charge is 0.497 e. The van der Waals surface area contributed by atoms with Crippen LogP contribution >= 0.6 is 23.1 Å². The number of hydrogen-bond acceptors (Lipinski definition) is 8. The Morgan fingerprint density at radius 2 is 1.89 bits per heavy atom. The van der Waals surface area contributed by atoms with E-state index in [-0.39, 0.29) is 30.5 Å². The summed E-state index contributed by atoms with van der Waals surface area (Å²) in [5.74, 6) is -0.0932. The number of nitriles is 1. The Morgan fingerprint density at radius 1 is 1.13 bits per heavy atom. The second kappa shape index (κ2) is 11.1. The number of ether oxygens (including phenoxy) is 2. The van der Waals surface area contributed by atoms with Crippen LogP contribution in [-0.4, -0.2) is 47.0 Å². The van der Waals surface area contributed by atoms with E-state index in [1.165, 1.54) is 28.0 Å². The number of fused-ring (bicyclic) bond motifs is 1. The van der Waals surface area contributed by atoms with Crippen molar-refractivity contribution in [2.75, 3.05) is 12.9 Å². The van der Waals surface area contributed by atoms with Gasteiger partial charge in [0.25, 0.3) is 5.91 Å². The summed E-state index contributed by atoms with van der Waals surface area (Å²) in [6, 6.07) is 19.1. The van der Waals surface area contributed by atoms with Crippen LogP contribution in [0.2, 0.25) is 0 Å². The van der Waals surface area contributed by atoms with Gasteiger partial charge in [0.2, 0.25) is 5.91 Å². The smallest absolute Gasteiger partial charge is 0.355 e. The summed E-state index contributed by atoms with van der Waals surface area (Å²) in [4.78, 5) is 41.6. The number of thiophene rings is 1. The van der Waals surface area contributed by atoms with Crippen LogP contribution in [0.4, 0.5) is 0 Å². The van der Waals surface area contributed by atoms with E-state index in [1.54, 1.807) is 55.6 Å². The highest BCUT2D eigenvalue weighted by molar-refractivity contribution is 8.00. The van der Waals surface area contributed by atoms with E-state index in [0.29, 0.717) is 22.6 Å². The van der Waals surface area contributed by atoms with E-state index in [0.717, 1.165) is 16.0 Å². The molecule has 10 heteroatoms. The number of carbonyl (C=O) groups is 3. The number of methoxy groups -OCH3 is 1. The number of amides is 2. The number of carbonyl (C=O) groups excluding carboxylic acids is 3. The third-order valence-corrected chi connectivity index (χ3v) is 8.44. The number of hydrogen-bond donors (Lipinski definition) is 1. The number of esters is 1. The molecule has 2 aliphatic heterocycles. The zero-order valence-electron chi connectivity index (χ0n) is 20.4. The summed E-state index contributed by atoms with van der Waals surface area (Å²) in [5.41, 5.74) is 2.81. The normalized spacial score (nSPS) is 18.2. The van der Waals surface area contributed by atoms with E-state index in [2.05, 4.69) is 11.4 Å². The lowest BCUT2D eigenvalue weighted by atomic mass is 9.98. The molecule has 0 saturated carbocycles. The van der Waals surface area contributed by atoms with Crippen molar-refractivity contribution in [3.63, 3.8) is 0 Å². The highest BCUT2D eigenvalue weighted by atomic mass is 32.2. The average Bonchev–Trinajstić information content (AvgIpc) is 3.47. The van der Waals surface area contributed by atoms with E-state index < -0.39 is 17.4 Å². The molecule has 1 N–H and O–H groups in total. The van der Waals surface area contributed by atoms with Crippen LogP contribution in [0.1, 0.15) is 21.6 Å². The summed E-state index contributed by atoms with van der Waals surface area (Å²) in [6.45, 7) is 0.0216. The Kier molecular flexibility index (Phi) is 7.49. The van der Waals surface area contributed by atoms with E-state index in [1.807, 2.05) is 17.5 Å². The highest BCUT2D eigenvalue weighted by Gasteiger charge is 2.54. The van der Waals surface area contributed by atoms with Gasteiger partial charge in [0.1, 0.15) is 29.5 Å². The lowest BCUT2D eigenvalue weighted by Crippen LogP contribution is -2.70. The zero-order valence-corrected chi connectivity index (χ0v) is 22.0. The maximum Gasteiger partial charge on any atom is 0.355 e. The number of thioether (sulfide) groups is 1. The first kappa shape index (κ1) is 25.6. The van der Waals surface area contributed by atoms with Gasteiger partial charge in [-0.1, -0.05) is 30.3 Å². The fourth-order valence-electron chi connectivity index (χ4n) is 4.31. The monoisotopic (exact) mass is 545 g/mol. The van der Waals surface area contributed by atoms with Crippen molar-refractivity contribution in [1.82, 2.24) is 10.2 Å². The van der Waals surface area contributed by atoms with Crippen molar-refractivity contribution in [3.05, 3.63) is 93.3 Å². The van der Waals surface area contributed by atoms with Crippen LogP contribution in [0.5, 0.6) is 5.75 Å². The molecule has 192 valence electrons. The van der Waals surface area contributed by atoms with Crippen LogP contribution < -0.4 is 10.1 Å². The molecule has 0 spiro atoms. The van der Waals surface area contributed by atoms with E-state index >= 15 is 0 Å². The van der Waals surface area contributed by atoms with Gasteiger partial charge in [-0.2, -0.15) is 5.26 Å². The number of rotatable bonds is 8.